The Balaban J connectivity index is -0.000000118. The summed E-state index contributed by atoms with van der Waals surface area (Å²) in [7, 11) is 0. The van der Waals surface area contributed by atoms with Gasteiger partial charge >= 0.3 is 6.09 Å². The zero-order valence-corrected chi connectivity index (χ0v) is 20.1. The fraction of sp³-hybridized carbons (Fsp3) is 0.652. The fourth-order valence-electron chi connectivity index (χ4n) is 1.81. The molecule has 1 aromatic carbocycles. The van der Waals surface area contributed by atoms with E-state index in [-0.39, 0.29) is 61.1 Å². The molecule has 0 aromatic heterocycles. The molecule has 0 saturated carbocycles. The van der Waals surface area contributed by atoms with E-state index in [9.17, 15) is 4.79 Å². The molecular formula is C23H45N3O2Y. The Morgan fingerprint density at radius 2 is 1.66 bits per heavy atom. The molecule has 1 amide bonds. The smallest absolute Gasteiger partial charge is 0.407 e. The van der Waals surface area contributed by atoms with Crippen LogP contribution in [0.25, 0.3) is 0 Å². The number of ether oxygens (including phenoxy) is 1. The van der Waals surface area contributed by atoms with Gasteiger partial charge in [0.1, 0.15) is 5.60 Å². The van der Waals surface area contributed by atoms with Crippen molar-refractivity contribution >= 4 is 6.09 Å². The van der Waals surface area contributed by atoms with Gasteiger partial charge in [-0.05, 0) is 44.4 Å². The van der Waals surface area contributed by atoms with E-state index in [0.717, 1.165) is 12.1 Å². The van der Waals surface area contributed by atoms with E-state index < -0.39 is 5.60 Å². The monoisotopic (exact) mass is 484 g/mol. The van der Waals surface area contributed by atoms with Crippen molar-refractivity contribution in [3.8, 4) is 6.07 Å². The van der Waals surface area contributed by atoms with Gasteiger partial charge in [0.05, 0.1) is 11.6 Å². The third kappa shape index (κ3) is 23.2. The van der Waals surface area contributed by atoms with Gasteiger partial charge in [0.25, 0.3) is 0 Å². The number of alkyl carbamates (subject to hydrolysis) is 1. The number of nitrogens with one attached hydrogen (secondary N) is 2. The summed E-state index contributed by atoms with van der Waals surface area (Å²) < 4.78 is 5.07. The van der Waals surface area contributed by atoms with E-state index in [2.05, 4.69) is 44.4 Å². The average molecular weight is 485 g/mol. The second kappa shape index (κ2) is 20.3. The molecule has 0 aliphatic rings. The van der Waals surface area contributed by atoms with Crippen molar-refractivity contribution in [2.45, 2.75) is 88.3 Å². The van der Waals surface area contributed by atoms with Crippen LogP contribution in [0.3, 0.4) is 0 Å². The number of hydrogen-bond donors (Lipinski definition) is 2. The summed E-state index contributed by atoms with van der Waals surface area (Å²) >= 11 is 0. The molecule has 0 saturated heterocycles. The Hall–Kier alpha value is -0.956. The first-order valence-corrected chi connectivity index (χ1v) is 8.75. The van der Waals surface area contributed by atoms with Crippen molar-refractivity contribution in [2.24, 2.45) is 0 Å². The van der Waals surface area contributed by atoms with Crippen molar-refractivity contribution in [2.75, 3.05) is 13.1 Å². The zero-order chi connectivity index (χ0) is 19.5. The van der Waals surface area contributed by atoms with Crippen LogP contribution in [0.15, 0.2) is 24.3 Å². The summed E-state index contributed by atoms with van der Waals surface area (Å²) in [6, 6.07) is 10.3. The Bertz CT molecular complexity index is 562. The van der Waals surface area contributed by atoms with E-state index in [0.29, 0.717) is 18.5 Å². The molecule has 1 radical (unpaired) electrons. The quantitative estimate of drug-likeness (QED) is 0.496. The standard InChI is InChI=1S/C10H22N2O2.C10H11N.3CH4.Y/c1-8(2)11-6-7-12-9(13)14-10(3,4)5;1-8(2)10-5-3-4-9(6-10)7-11;;;;/h8,11H,6-7H2,1-5H3,(H,12,13);3-6,8H,1-2H3;3*1H4;. The molecule has 2 N–H and O–H groups in total. The Morgan fingerprint density at radius 1 is 1.10 bits per heavy atom. The van der Waals surface area contributed by atoms with Gasteiger partial charge in [0, 0.05) is 51.8 Å². The van der Waals surface area contributed by atoms with Crippen LogP contribution in [0.4, 0.5) is 4.79 Å². The molecule has 167 valence electrons. The fourth-order valence-corrected chi connectivity index (χ4v) is 1.81. The van der Waals surface area contributed by atoms with Crippen LogP contribution in [0.1, 0.15) is 87.8 Å². The maximum atomic E-state index is 11.1. The minimum absolute atomic E-state index is 0. The van der Waals surface area contributed by atoms with Crippen molar-refractivity contribution in [1.29, 1.82) is 5.26 Å². The molecule has 0 unspecified atom stereocenters. The molecule has 1 rings (SSSR count). The largest absolute Gasteiger partial charge is 0.444 e. The van der Waals surface area contributed by atoms with Crippen molar-refractivity contribution in [3.63, 3.8) is 0 Å². The summed E-state index contributed by atoms with van der Waals surface area (Å²) in [4.78, 5) is 11.1. The molecular weight excluding hydrogens is 439 g/mol. The van der Waals surface area contributed by atoms with Crippen LogP contribution in [0, 0.1) is 11.3 Å². The number of amides is 1. The summed E-state index contributed by atoms with van der Waals surface area (Å²) in [5.74, 6) is 0.503. The maximum absolute atomic E-state index is 11.1. The second-order valence-corrected chi connectivity index (χ2v) is 7.43. The molecule has 0 atom stereocenters. The number of carbonyl (C=O) groups is 1. The number of carbonyl (C=O) groups excluding carboxylic acids is 1. The minimum atomic E-state index is -0.421. The summed E-state index contributed by atoms with van der Waals surface area (Å²) in [5, 5.41) is 14.5. The van der Waals surface area contributed by atoms with E-state index >= 15 is 0 Å². The minimum Gasteiger partial charge on any atom is -0.444 e. The van der Waals surface area contributed by atoms with Crippen LogP contribution >= 0.6 is 0 Å². The van der Waals surface area contributed by atoms with E-state index in [1.54, 1.807) is 0 Å². The van der Waals surface area contributed by atoms with Crippen LogP contribution in [0.5, 0.6) is 0 Å². The second-order valence-electron chi connectivity index (χ2n) is 7.43. The molecule has 0 aliphatic carbocycles. The predicted molar refractivity (Wildman–Crippen MR) is 123 cm³/mol. The van der Waals surface area contributed by atoms with E-state index in [1.807, 2.05) is 45.0 Å². The zero-order valence-electron chi connectivity index (χ0n) is 17.2. The van der Waals surface area contributed by atoms with Crippen LogP contribution in [-0.4, -0.2) is 30.8 Å². The third-order valence-electron chi connectivity index (χ3n) is 3.03. The average Bonchev–Trinajstić information content (AvgIpc) is 2.50. The Labute approximate surface area is 206 Å². The van der Waals surface area contributed by atoms with Crippen molar-refractivity contribution in [3.05, 3.63) is 35.4 Å². The molecule has 5 nitrogen and oxygen atoms in total. The number of nitriles is 1. The van der Waals surface area contributed by atoms with Gasteiger partial charge in [-0.15, -0.1) is 0 Å². The Morgan fingerprint density at radius 3 is 2.07 bits per heavy atom. The molecule has 0 heterocycles. The first-order chi connectivity index (χ1) is 11.5. The Kier molecular flexibility index (Phi) is 27.1. The first-order valence-electron chi connectivity index (χ1n) is 8.75. The molecule has 0 fully saturated rings. The topological polar surface area (TPSA) is 74.2 Å². The maximum Gasteiger partial charge on any atom is 0.407 e. The van der Waals surface area contributed by atoms with Crippen LogP contribution in [-0.2, 0) is 37.4 Å². The molecule has 6 heteroatoms. The van der Waals surface area contributed by atoms with Crippen LogP contribution < -0.4 is 10.6 Å². The van der Waals surface area contributed by atoms with Crippen LogP contribution in [0.2, 0.25) is 0 Å². The molecule has 0 bridgehead atoms. The number of hydrogen-bond acceptors (Lipinski definition) is 4. The molecule has 29 heavy (non-hydrogen) atoms. The SMILES string of the molecule is C.C.C.CC(C)NCCNC(=O)OC(C)(C)C.CC(C)c1cccc(C#N)c1.[Y]. The van der Waals surface area contributed by atoms with Gasteiger partial charge in [-0.1, -0.05) is 62.1 Å². The van der Waals surface area contributed by atoms with Crippen molar-refractivity contribution < 1.29 is 42.2 Å². The number of nitrogens with zero attached hydrogens (tertiary/aromatic N) is 1. The summed E-state index contributed by atoms with van der Waals surface area (Å²) in [5.41, 5.74) is 1.55. The first kappa shape index (κ1) is 38.6. The third-order valence-corrected chi connectivity index (χ3v) is 3.03. The molecule has 0 aliphatic heterocycles. The molecule has 1 aromatic rings. The number of rotatable bonds is 5. The predicted octanol–water partition coefficient (Wildman–Crippen LogP) is 6.10. The van der Waals surface area contributed by atoms with E-state index in [1.165, 1.54) is 5.56 Å². The van der Waals surface area contributed by atoms with Gasteiger partial charge in [0.15, 0.2) is 0 Å². The normalized spacial score (nSPS) is 9.24. The molecule has 0 spiro atoms. The number of benzene rings is 1. The van der Waals surface area contributed by atoms with Gasteiger partial charge < -0.3 is 15.4 Å². The summed E-state index contributed by atoms with van der Waals surface area (Å²) in [6.07, 6.45) is -0.358. The van der Waals surface area contributed by atoms with E-state index in [4.69, 9.17) is 10.00 Å². The van der Waals surface area contributed by atoms with Gasteiger partial charge in [-0.2, -0.15) is 5.26 Å². The summed E-state index contributed by atoms with van der Waals surface area (Å²) in [6.45, 7) is 15.3. The van der Waals surface area contributed by atoms with Gasteiger partial charge in [-0.3, -0.25) is 0 Å². The van der Waals surface area contributed by atoms with Crippen molar-refractivity contribution in [1.82, 2.24) is 10.6 Å². The van der Waals surface area contributed by atoms with Gasteiger partial charge in [0.2, 0.25) is 0 Å². The van der Waals surface area contributed by atoms with Gasteiger partial charge in [-0.25, -0.2) is 4.79 Å².